The third-order valence-electron chi connectivity index (χ3n) is 13.9. The lowest BCUT2D eigenvalue weighted by molar-refractivity contribution is -0.929. The van der Waals surface area contributed by atoms with Gasteiger partial charge in [-0.15, -0.1) is 0 Å². The fraction of sp³-hybridized carbons (Fsp3) is 0.982. The molecule has 0 aromatic rings. The summed E-state index contributed by atoms with van der Waals surface area (Å²) >= 11 is 0. The highest BCUT2D eigenvalue weighted by Crippen LogP contribution is 2.22. The van der Waals surface area contributed by atoms with Crippen molar-refractivity contribution in [2.75, 3.05) is 26.2 Å². The average molecular weight is 850 g/mol. The molecule has 0 heterocycles. The van der Waals surface area contributed by atoms with Crippen molar-refractivity contribution in [2.45, 2.75) is 336 Å². The van der Waals surface area contributed by atoms with E-state index >= 15 is 0 Å². The van der Waals surface area contributed by atoms with Crippen LogP contribution in [0.2, 0.25) is 0 Å². The van der Waals surface area contributed by atoms with Crippen LogP contribution in [0.4, 0.5) is 0 Å². The normalized spacial score (nSPS) is 11.6. The molecule has 0 saturated carbocycles. The van der Waals surface area contributed by atoms with E-state index in [2.05, 4.69) is 27.7 Å². The number of unbranched alkanes of at least 4 members (excludes halogenated alkanes) is 44. The lowest BCUT2D eigenvalue weighted by atomic mass is 10.0. The van der Waals surface area contributed by atoms with Gasteiger partial charge in [0, 0.05) is 0 Å². The largest absolute Gasteiger partial charge is 0.483 e. The van der Waals surface area contributed by atoms with Crippen LogP contribution in [-0.4, -0.2) is 42.2 Å². The Balaban J connectivity index is 0. The van der Waals surface area contributed by atoms with Crippen molar-refractivity contribution in [2.24, 2.45) is 0 Å². The maximum Gasteiger partial charge on any atom is 0.290 e. The summed E-state index contributed by atoms with van der Waals surface area (Å²) < 4.78 is 1.49. The van der Waals surface area contributed by atoms with Crippen molar-refractivity contribution in [3.8, 4) is 0 Å². The molecule has 1 N–H and O–H groups in total. The SMILES string of the molecule is CCCCCCCCCCCCCC[N+](CCCCCCCCCCCCCC)(CCCCCCCCCCCCCC)CCCCCCCCCCCCCC.O=CO. The van der Waals surface area contributed by atoms with Gasteiger partial charge in [-0.05, 0) is 51.4 Å². The van der Waals surface area contributed by atoms with Crippen LogP contribution in [0, 0.1) is 0 Å². The first-order chi connectivity index (χ1) is 29.7. The number of hydrogen-bond donors (Lipinski definition) is 1. The second-order valence-corrected chi connectivity index (χ2v) is 19.9. The molecule has 0 unspecified atom stereocenters. The third-order valence-corrected chi connectivity index (χ3v) is 13.9. The summed E-state index contributed by atoms with van der Waals surface area (Å²) in [5.41, 5.74) is 0. The maximum absolute atomic E-state index is 8.36. The van der Waals surface area contributed by atoms with E-state index in [1.54, 1.807) is 0 Å². The summed E-state index contributed by atoms with van der Waals surface area (Å²) in [6.45, 7) is 15.1. The van der Waals surface area contributed by atoms with Gasteiger partial charge < -0.3 is 9.59 Å². The zero-order chi connectivity index (χ0) is 44.0. The summed E-state index contributed by atoms with van der Waals surface area (Å²) in [4.78, 5) is 8.36. The minimum atomic E-state index is -0.250. The van der Waals surface area contributed by atoms with Crippen molar-refractivity contribution in [1.29, 1.82) is 0 Å². The Bertz CT molecular complexity index is 622. The average Bonchev–Trinajstić information content (AvgIpc) is 3.25. The van der Waals surface area contributed by atoms with Crippen molar-refractivity contribution < 1.29 is 14.4 Å². The van der Waals surface area contributed by atoms with E-state index < -0.39 is 0 Å². The van der Waals surface area contributed by atoms with E-state index in [-0.39, 0.29) is 6.47 Å². The number of quaternary nitrogens is 1. The van der Waals surface area contributed by atoms with Crippen LogP contribution < -0.4 is 0 Å². The van der Waals surface area contributed by atoms with Gasteiger partial charge in [0.05, 0.1) is 26.2 Å². The van der Waals surface area contributed by atoms with Crippen LogP contribution in [0.3, 0.4) is 0 Å². The predicted octanol–water partition coefficient (Wildman–Crippen LogP) is 20.3. The van der Waals surface area contributed by atoms with Crippen molar-refractivity contribution >= 4 is 6.47 Å². The molecule has 0 aliphatic rings. The maximum atomic E-state index is 8.36. The highest BCUT2D eigenvalue weighted by atomic mass is 16.3. The quantitative estimate of drug-likeness (QED) is 0.0376. The highest BCUT2D eigenvalue weighted by molar-refractivity contribution is 5.32. The number of carboxylic acid groups (broad SMARTS) is 1. The molecule has 0 spiro atoms. The molecule has 0 aliphatic carbocycles. The number of hydrogen-bond acceptors (Lipinski definition) is 1. The second-order valence-electron chi connectivity index (χ2n) is 19.9. The van der Waals surface area contributed by atoms with Crippen LogP contribution >= 0.6 is 0 Å². The fourth-order valence-electron chi connectivity index (χ4n) is 9.82. The number of carbonyl (C=O) groups is 1. The van der Waals surface area contributed by atoms with Gasteiger partial charge >= 0.3 is 0 Å². The third kappa shape index (κ3) is 51.8. The minimum Gasteiger partial charge on any atom is -0.483 e. The van der Waals surface area contributed by atoms with E-state index in [9.17, 15) is 0 Å². The lowest BCUT2D eigenvalue weighted by Crippen LogP contribution is -2.50. The van der Waals surface area contributed by atoms with Crippen molar-refractivity contribution in [1.82, 2.24) is 0 Å². The number of rotatable bonds is 52. The van der Waals surface area contributed by atoms with Crippen LogP contribution in [0.5, 0.6) is 0 Å². The molecule has 0 amide bonds. The Labute approximate surface area is 381 Å². The van der Waals surface area contributed by atoms with Gasteiger partial charge in [0.25, 0.3) is 6.47 Å². The second kappa shape index (κ2) is 56.4. The molecule has 0 aromatic carbocycles. The van der Waals surface area contributed by atoms with E-state index in [4.69, 9.17) is 9.90 Å². The van der Waals surface area contributed by atoms with Gasteiger partial charge in [0.1, 0.15) is 0 Å². The molecule has 0 bridgehead atoms. The molecule has 0 radical (unpaired) electrons. The molecule has 0 fully saturated rings. The molecule has 0 saturated heterocycles. The van der Waals surface area contributed by atoms with Crippen LogP contribution in [0.25, 0.3) is 0 Å². The first-order valence-corrected chi connectivity index (χ1v) is 28.6. The summed E-state index contributed by atoms with van der Waals surface area (Å²) in [7, 11) is 0. The van der Waals surface area contributed by atoms with E-state index in [0.29, 0.717) is 0 Å². The monoisotopic (exact) mass is 849 g/mol. The van der Waals surface area contributed by atoms with Crippen LogP contribution in [-0.2, 0) is 4.79 Å². The first kappa shape index (κ1) is 61.5. The van der Waals surface area contributed by atoms with Gasteiger partial charge in [-0.3, -0.25) is 4.79 Å². The Hall–Kier alpha value is -0.570. The Morgan fingerprint density at radius 2 is 0.333 bits per heavy atom. The molecule has 0 aromatic heterocycles. The first-order valence-electron chi connectivity index (χ1n) is 28.6. The molecule has 0 atom stereocenters. The fourth-order valence-corrected chi connectivity index (χ4v) is 9.82. The smallest absolute Gasteiger partial charge is 0.290 e. The predicted molar refractivity (Wildman–Crippen MR) is 273 cm³/mol. The molecule has 3 heteroatoms. The van der Waals surface area contributed by atoms with Crippen molar-refractivity contribution in [3.05, 3.63) is 0 Å². The van der Waals surface area contributed by atoms with Crippen molar-refractivity contribution in [3.63, 3.8) is 0 Å². The Morgan fingerprint density at radius 3 is 0.450 bits per heavy atom. The van der Waals surface area contributed by atoms with Gasteiger partial charge in [0.2, 0.25) is 0 Å². The summed E-state index contributed by atoms with van der Waals surface area (Å²) in [5, 5.41) is 6.89. The Morgan fingerprint density at radius 1 is 0.233 bits per heavy atom. The van der Waals surface area contributed by atoms with Crippen LogP contribution in [0.1, 0.15) is 336 Å². The summed E-state index contributed by atoms with van der Waals surface area (Å²) in [5.74, 6) is 0. The molecule has 362 valence electrons. The van der Waals surface area contributed by atoms with Gasteiger partial charge in [-0.2, -0.15) is 0 Å². The number of nitrogens with zero attached hydrogens (tertiary/aromatic N) is 1. The lowest BCUT2D eigenvalue weighted by Gasteiger charge is -2.40. The van der Waals surface area contributed by atoms with Gasteiger partial charge in [-0.25, -0.2) is 0 Å². The Kier molecular flexibility index (Phi) is 57.9. The van der Waals surface area contributed by atoms with E-state index in [1.807, 2.05) is 0 Å². The van der Waals surface area contributed by atoms with Crippen LogP contribution in [0.15, 0.2) is 0 Å². The van der Waals surface area contributed by atoms with E-state index in [1.165, 1.54) is 339 Å². The van der Waals surface area contributed by atoms with Gasteiger partial charge in [0.15, 0.2) is 0 Å². The molecular formula is C57H118NO2+. The molecule has 0 aliphatic heterocycles. The highest BCUT2D eigenvalue weighted by Gasteiger charge is 2.25. The molecular weight excluding hydrogens is 731 g/mol. The standard InChI is InChI=1S/C56H116N.CH2O2/c1-5-9-13-17-21-25-29-33-37-41-45-49-53-57(54-50-46-42-38-34-30-26-22-18-14-10-6-2,55-51-47-43-39-35-31-27-23-19-15-11-7-3)56-52-48-44-40-36-32-28-24-20-16-12-8-4;2-1-3/h5-56H2,1-4H3;1H,(H,2,3)/q+1;. The van der Waals surface area contributed by atoms with Gasteiger partial charge in [-0.1, -0.05) is 285 Å². The zero-order valence-corrected chi connectivity index (χ0v) is 42.6. The summed E-state index contributed by atoms with van der Waals surface area (Å²) in [6.07, 6.45) is 70.7. The summed E-state index contributed by atoms with van der Waals surface area (Å²) in [6, 6.07) is 0. The zero-order valence-electron chi connectivity index (χ0n) is 42.6. The molecule has 0 rings (SSSR count). The molecule has 3 nitrogen and oxygen atoms in total. The van der Waals surface area contributed by atoms with E-state index in [0.717, 1.165) is 0 Å². The molecule has 60 heavy (non-hydrogen) atoms. The topological polar surface area (TPSA) is 37.3 Å². The minimum absolute atomic E-state index is 0.250.